The van der Waals surface area contributed by atoms with Crippen molar-refractivity contribution in [3.8, 4) is 11.5 Å². The van der Waals surface area contributed by atoms with Crippen molar-refractivity contribution in [2.75, 3.05) is 39.3 Å². The van der Waals surface area contributed by atoms with Crippen molar-refractivity contribution in [1.82, 2.24) is 15.1 Å². The van der Waals surface area contributed by atoms with Gasteiger partial charge in [0.2, 0.25) is 0 Å². The van der Waals surface area contributed by atoms with Gasteiger partial charge in [-0.05, 0) is 59.2 Å². The van der Waals surface area contributed by atoms with Crippen LogP contribution in [0.1, 0.15) is 33.3 Å². The van der Waals surface area contributed by atoms with Crippen LogP contribution in [-0.2, 0) is 7.05 Å². The molecule has 0 unspecified atom stereocenters. The van der Waals surface area contributed by atoms with Gasteiger partial charge in [-0.1, -0.05) is 0 Å². The van der Waals surface area contributed by atoms with E-state index in [-0.39, 0.29) is 23.7 Å². The number of allylic oxidation sites excluding steroid dienone is 4. The van der Waals surface area contributed by atoms with Crippen LogP contribution in [0.15, 0.2) is 63.3 Å². The zero-order valence-corrected chi connectivity index (χ0v) is 22.8. The van der Waals surface area contributed by atoms with Crippen LogP contribution >= 0.6 is 0 Å². The van der Waals surface area contributed by atoms with Gasteiger partial charge in [-0.3, -0.25) is 14.7 Å². The Bertz CT molecular complexity index is 1210. The Morgan fingerprint density at radius 3 is 2.22 bits per heavy atom. The SMILES string of the molecule is C=N/C(=C/C=C(\C)N(CCNC)c1c(F)c(OC)cc(OC)c1F)C(/N=C(\C)c1cnn(C)c1)=C(C)C. The summed E-state index contributed by atoms with van der Waals surface area (Å²) in [7, 11) is 6.24. The summed E-state index contributed by atoms with van der Waals surface area (Å²) in [4.78, 5) is 10.5. The van der Waals surface area contributed by atoms with Crippen molar-refractivity contribution in [2.24, 2.45) is 17.0 Å². The van der Waals surface area contributed by atoms with Crippen molar-refractivity contribution in [3.05, 3.63) is 70.5 Å². The van der Waals surface area contributed by atoms with Gasteiger partial charge in [-0.25, -0.2) is 8.78 Å². The van der Waals surface area contributed by atoms with E-state index in [2.05, 4.69) is 22.1 Å². The van der Waals surface area contributed by atoms with Crippen LogP contribution < -0.4 is 19.7 Å². The number of anilines is 1. The summed E-state index contributed by atoms with van der Waals surface area (Å²) in [6.07, 6.45) is 7.06. The quantitative estimate of drug-likeness (QED) is 0.318. The number of hydrogen-bond donors (Lipinski definition) is 1. The summed E-state index contributed by atoms with van der Waals surface area (Å²) in [5.74, 6) is -1.88. The summed E-state index contributed by atoms with van der Waals surface area (Å²) in [5.41, 5.74) is 4.02. The minimum atomic E-state index is -0.822. The number of nitrogens with one attached hydrogen (secondary N) is 1. The summed E-state index contributed by atoms with van der Waals surface area (Å²) in [5, 5.41) is 7.21. The largest absolute Gasteiger partial charge is 0.493 e. The van der Waals surface area contributed by atoms with Gasteiger partial charge in [-0.15, -0.1) is 0 Å². The minimum absolute atomic E-state index is 0.119. The molecule has 0 fully saturated rings. The lowest BCUT2D eigenvalue weighted by atomic mass is 10.1. The first kappa shape index (κ1) is 29.4. The fraction of sp³-hybridized carbons (Fsp3) is 0.370. The van der Waals surface area contributed by atoms with Gasteiger partial charge in [0.05, 0.1) is 31.8 Å². The molecule has 200 valence electrons. The highest BCUT2D eigenvalue weighted by Gasteiger charge is 2.25. The highest BCUT2D eigenvalue weighted by molar-refractivity contribution is 5.99. The molecule has 0 aliphatic carbocycles. The summed E-state index contributed by atoms with van der Waals surface area (Å²) in [6.45, 7) is 12.0. The van der Waals surface area contributed by atoms with E-state index >= 15 is 8.78 Å². The van der Waals surface area contributed by atoms with Crippen molar-refractivity contribution >= 4 is 18.1 Å². The first-order valence-corrected chi connectivity index (χ1v) is 11.7. The Hall–Kier alpha value is -3.79. The van der Waals surface area contributed by atoms with Crippen LogP contribution in [0.3, 0.4) is 0 Å². The van der Waals surface area contributed by atoms with E-state index < -0.39 is 11.6 Å². The van der Waals surface area contributed by atoms with E-state index in [1.54, 1.807) is 37.0 Å². The van der Waals surface area contributed by atoms with Gasteiger partial charge in [-0.2, -0.15) is 5.10 Å². The molecular formula is C27H36F2N6O2. The van der Waals surface area contributed by atoms with Crippen molar-refractivity contribution in [2.45, 2.75) is 27.7 Å². The number of aliphatic imine (C=N–C) groups is 2. The highest BCUT2D eigenvalue weighted by atomic mass is 19.1. The predicted octanol–water partition coefficient (Wildman–Crippen LogP) is 5.03. The maximum absolute atomic E-state index is 15.3. The lowest BCUT2D eigenvalue weighted by Crippen LogP contribution is -2.31. The van der Waals surface area contributed by atoms with E-state index in [0.29, 0.717) is 23.6 Å². The van der Waals surface area contributed by atoms with Crippen molar-refractivity contribution in [3.63, 3.8) is 0 Å². The second-order valence-corrected chi connectivity index (χ2v) is 8.48. The molecule has 0 bridgehead atoms. The normalized spacial score (nSPS) is 12.4. The Morgan fingerprint density at radius 2 is 1.76 bits per heavy atom. The molecule has 2 aromatic rings. The first-order valence-electron chi connectivity index (χ1n) is 11.7. The number of halogens is 2. The lowest BCUT2D eigenvalue weighted by molar-refractivity contribution is 0.358. The number of ether oxygens (including phenoxy) is 2. The summed E-state index contributed by atoms with van der Waals surface area (Å²) >= 11 is 0. The van der Waals surface area contributed by atoms with E-state index in [4.69, 9.17) is 14.5 Å². The smallest absolute Gasteiger partial charge is 0.191 e. The molecule has 8 nitrogen and oxygen atoms in total. The van der Waals surface area contributed by atoms with Gasteiger partial charge in [0.15, 0.2) is 23.1 Å². The molecule has 0 radical (unpaired) electrons. The number of nitrogens with zero attached hydrogens (tertiary/aromatic N) is 5. The molecule has 0 atom stereocenters. The van der Waals surface area contributed by atoms with Crippen LogP contribution in [0.2, 0.25) is 0 Å². The fourth-order valence-corrected chi connectivity index (χ4v) is 3.56. The van der Waals surface area contributed by atoms with Crippen LogP contribution in [0.5, 0.6) is 11.5 Å². The van der Waals surface area contributed by atoms with Crippen LogP contribution in [0, 0.1) is 11.6 Å². The molecule has 0 aliphatic rings. The van der Waals surface area contributed by atoms with E-state index in [1.807, 2.05) is 34.0 Å². The number of likely N-dealkylation sites (N-methyl/N-ethyl adjacent to an activating group) is 1. The molecule has 1 aromatic heterocycles. The van der Waals surface area contributed by atoms with E-state index in [9.17, 15) is 0 Å². The van der Waals surface area contributed by atoms with Crippen molar-refractivity contribution < 1.29 is 18.3 Å². The number of rotatable bonds is 12. The van der Waals surface area contributed by atoms with E-state index in [1.165, 1.54) is 25.2 Å². The maximum atomic E-state index is 15.3. The number of methoxy groups -OCH3 is 2. The molecule has 37 heavy (non-hydrogen) atoms. The van der Waals surface area contributed by atoms with Crippen LogP contribution in [0.4, 0.5) is 14.5 Å². The average molecular weight is 515 g/mol. The van der Waals surface area contributed by atoms with Gasteiger partial charge in [0, 0.05) is 49.4 Å². The van der Waals surface area contributed by atoms with Gasteiger partial charge in [0.1, 0.15) is 5.69 Å². The van der Waals surface area contributed by atoms with Crippen LogP contribution in [0.25, 0.3) is 0 Å². The molecule has 10 heteroatoms. The van der Waals surface area contributed by atoms with Gasteiger partial charge >= 0.3 is 0 Å². The standard InChI is InChI=1S/C27H36F2N6O2/c1-17(2)26(33-19(4)20-15-32-34(7)16-20)21(31-6)11-10-18(3)35(13-12-30-5)27-24(28)22(36-8)14-23(37-9)25(27)29/h10-11,14-16,30H,6,12-13H2,1-5,7-9H3/b18-10+,21-11+,33-19+. The molecule has 1 heterocycles. The first-order chi connectivity index (χ1) is 17.6. The number of aromatic nitrogens is 2. The molecule has 0 amide bonds. The minimum Gasteiger partial charge on any atom is -0.493 e. The highest BCUT2D eigenvalue weighted by Crippen LogP contribution is 2.38. The second kappa shape index (κ2) is 13.5. The maximum Gasteiger partial charge on any atom is 0.191 e. The van der Waals surface area contributed by atoms with Crippen LogP contribution in [-0.4, -0.2) is 56.6 Å². The Kier molecular flexibility index (Phi) is 10.7. The average Bonchev–Trinajstić information content (AvgIpc) is 3.31. The number of hydrogen-bond acceptors (Lipinski definition) is 7. The lowest BCUT2D eigenvalue weighted by Gasteiger charge is -2.27. The third-order valence-corrected chi connectivity index (χ3v) is 5.60. The topological polar surface area (TPSA) is 76.3 Å². The Balaban J connectivity index is 2.60. The summed E-state index contributed by atoms with van der Waals surface area (Å²) in [6, 6.07) is 1.19. The summed E-state index contributed by atoms with van der Waals surface area (Å²) < 4.78 is 42.6. The van der Waals surface area contributed by atoms with Gasteiger partial charge in [0.25, 0.3) is 0 Å². The number of aryl methyl sites for hydroxylation is 1. The van der Waals surface area contributed by atoms with Crippen molar-refractivity contribution in [1.29, 1.82) is 0 Å². The predicted molar refractivity (Wildman–Crippen MR) is 146 cm³/mol. The molecule has 1 aromatic carbocycles. The van der Waals surface area contributed by atoms with E-state index in [0.717, 1.165) is 16.8 Å². The Labute approximate surface area is 217 Å². The zero-order chi connectivity index (χ0) is 27.7. The monoisotopic (exact) mass is 514 g/mol. The molecule has 1 N–H and O–H groups in total. The third-order valence-electron chi connectivity index (χ3n) is 5.60. The molecule has 0 spiro atoms. The third kappa shape index (κ3) is 7.13. The van der Waals surface area contributed by atoms with Gasteiger partial charge < -0.3 is 19.7 Å². The molecular weight excluding hydrogens is 478 g/mol. The fourth-order valence-electron chi connectivity index (χ4n) is 3.56. The molecule has 0 aliphatic heterocycles. The second-order valence-electron chi connectivity index (χ2n) is 8.48. The number of benzene rings is 1. The molecule has 0 saturated carbocycles. The zero-order valence-electron chi connectivity index (χ0n) is 22.8. The Morgan fingerprint density at radius 1 is 1.14 bits per heavy atom. The molecule has 0 saturated heterocycles. The molecule has 2 rings (SSSR count).